The number of hydrogen-bond donors (Lipinski definition) is 4. The van der Waals surface area contributed by atoms with Crippen molar-refractivity contribution in [3.8, 4) is 0 Å². The molecule has 0 aliphatic heterocycles. The molecule has 0 rings (SSSR count). The van der Waals surface area contributed by atoms with E-state index >= 15 is 0 Å². The van der Waals surface area contributed by atoms with Crippen molar-refractivity contribution in [2.75, 3.05) is 39.5 Å². The first kappa shape index (κ1) is 17.0. The monoisotopic (exact) mass is 270 g/mol. The van der Waals surface area contributed by atoms with Gasteiger partial charge in [-0.25, -0.2) is 0 Å². The normalized spacial score (nSPS) is 12.3. The lowest BCUT2D eigenvalue weighted by atomic mass is 10.6. The Morgan fingerprint density at radius 2 is 1.47 bits per heavy atom. The van der Waals surface area contributed by atoms with Crippen LogP contribution in [0.25, 0.3) is 0 Å². The van der Waals surface area contributed by atoms with E-state index in [1.54, 1.807) is 13.8 Å². The summed E-state index contributed by atoms with van der Waals surface area (Å²) in [6.45, 7) is 4.30. The molecule has 0 aliphatic carbocycles. The maximum absolute atomic E-state index is 12.4. The van der Waals surface area contributed by atoms with Gasteiger partial charge in [-0.3, -0.25) is 15.2 Å². The Bertz CT molecular complexity index is 211. The Hall–Kier alpha value is -0.0100. The first-order valence-electron chi connectivity index (χ1n) is 5.71. The highest BCUT2D eigenvalue weighted by atomic mass is 31.2. The molecule has 0 radical (unpaired) electrons. The summed E-state index contributed by atoms with van der Waals surface area (Å²) >= 11 is 0. The average molecular weight is 270 g/mol. The lowest BCUT2D eigenvalue weighted by Gasteiger charge is -2.27. The van der Waals surface area contributed by atoms with Crippen LogP contribution in [0, 0.1) is 0 Å². The molecule has 0 atom stereocenters. The van der Waals surface area contributed by atoms with Crippen LogP contribution < -0.4 is 10.6 Å². The fourth-order valence-corrected chi connectivity index (χ4v) is 3.04. The molecule has 7 nitrogen and oxygen atoms in total. The van der Waals surface area contributed by atoms with Crippen LogP contribution in [-0.4, -0.2) is 55.6 Å². The van der Waals surface area contributed by atoms with Crippen LogP contribution in [0.15, 0.2) is 0 Å². The Kier molecular flexibility index (Phi) is 9.96. The molecule has 0 fully saturated rings. The molecule has 0 aliphatic rings. The van der Waals surface area contributed by atoms with Crippen LogP contribution in [0.1, 0.15) is 13.8 Å². The van der Waals surface area contributed by atoms with Gasteiger partial charge >= 0.3 is 7.60 Å². The van der Waals surface area contributed by atoms with Crippen molar-refractivity contribution in [2.24, 2.45) is 0 Å². The summed E-state index contributed by atoms with van der Waals surface area (Å²) in [6.07, 6.45) is 0. The summed E-state index contributed by atoms with van der Waals surface area (Å²) < 4.78 is 22.7. The predicted molar refractivity (Wildman–Crippen MR) is 64.8 cm³/mol. The van der Waals surface area contributed by atoms with Gasteiger partial charge in [0.1, 0.15) is 0 Å². The zero-order valence-electron chi connectivity index (χ0n) is 10.4. The highest BCUT2D eigenvalue weighted by Crippen LogP contribution is 2.50. The Morgan fingerprint density at radius 1 is 1.06 bits per heavy atom. The largest absolute Gasteiger partial charge is 0.395 e. The molecule has 0 unspecified atom stereocenters. The van der Waals surface area contributed by atoms with Crippen molar-refractivity contribution in [3.63, 3.8) is 0 Å². The molecule has 17 heavy (non-hydrogen) atoms. The quantitative estimate of drug-likeness (QED) is 0.302. The van der Waals surface area contributed by atoms with Gasteiger partial charge in [0, 0.05) is 13.1 Å². The number of aliphatic hydroxyl groups excluding tert-OH is 2. The number of aliphatic hydroxyl groups is 2. The topological polar surface area (TPSA) is 100 Å². The second kappa shape index (κ2) is 9.96. The minimum atomic E-state index is -3.33. The van der Waals surface area contributed by atoms with Crippen LogP contribution in [0.2, 0.25) is 0 Å². The van der Waals surface area contributed by atoms with E-state index in [9.17, 15) is 4.57 Å². The van der Waals surface area contributed by atoms with E-state index in [1.807, 2.05) is 0 Å². The maximum Gasteiger partial charge on any atom is 0.361 e. The van der Waals surface area contributed by atoms with E-state index in [2.05, 4.69) is 10.6 Å². The van der Waals surface area contributed by atoms with E-state index < -0.39 is 13.5 Å². The van der Waals surface area contributed by atoms with Gasteiger partial charge in [0.2, 0.25) is 0 Å². The molecule has 0 aromatic heterocycles. The summed E-state index contributed by atoms with van der Waals surface area (Å²) in [6, 6.07) is 0. The average Bonchev–Trinajstić information content (AvgIpc) is 2.29. The van der Waals surface area contributed by atoms with Crippen LogP contribution in [-0.2, 0) is 13.6 Å². The molecular weight excluding hydrogens is 247 g/mol. The Balaban J connectivity index is 4.59. The predicted octanol–water partition coefficient (Wildman–Crippen LogP) is -0.300. The standard InChI is InChI=1S/C9H23N2O5P/c1-3-15-17(14,16-4-2)9(10-5-7-12)11-6-8-13/h9-13H,3-8H2,1-2H3. The molecule has 8 heteroatoms. The third kappa shape index (κ3) is 6.47. The fourth-order valence-electron chi connectivity index (χ4n) is 1.24. The van der Waals surface area contributed by atoms with Crippen LogP contribution in [0.5, 0.6) is 0 Å². The molecule has 0 aromatic carbocycles. The van der Waals surface area contributed by atoms with Crippen LogP contribution in [0.3, 0.4) is 0 Å². The van der Waals surface area contributed by atoms with Crippen molar-refractivity contribution in [3.05, 3.63) is 0 Å². The van der Waals surface area contributed by atoms with Gasteiger partial charge in [0.05, 0.1) is 26.4 Å². The van der Waals surface area contributed by atoms with Gasteiger partial charge in [-0.05, 0) is 13.8 Å². The molecule has 0 saturated carbocycles. The maximum atomic E-state index is 12.4. The molecule has 0 bridgehead atoms. The molecule has 0 spiro atoms. The molecule has 0 aromatic rings. The SMILES string of the molecule is CCOP(=O)(OCC)C(NCCO)NCCO. The van der Waals surface area contributed by atoms with Gasteiger partial charge in [0.25, 0.3) is 0 Å². The highest BCUT2D eigenvalue weighted by Gasteiger charge is 2.34. The van der Waals surface area contributed by atoms with E-state index in [-0.39, 0.29) is 39.5 Å². The third-order valence-corrected chi connectivity index (χ3v) is 4.07. The zero-order chi connectivity index (χ0) is 13.1. The van der Waals surface area contributed by atoms with Crippen molar-refractivity contribution >= 4 is 7.60 Å². The summed E-state index contributed by atoms with van der Waals surface area (Å²) in [5.74, 6) is -0.735. The second-order valence-corrected chi connectivity index (χ2v) is 5.25. The van der Waals surface area contributed by atoms with Crippen LogP contribution >= 0.6 is 7.60 Å². The number of nitrogens with one attached hydrogen (secondary N) is 2. The first-order chi connectivity index (χ1) is 8.14. The molecule has 4 N–H and O–H groups in total. The van der Waals surface area contributed by atoms with Gasteiger partial charge in [0.15, 0.2) is 5.91 Å². The van der Waals surface area contributed by atoms with Crippen LogP contribution in [0.4, 0.5) is 0 Å². The third-order valence-electron chi connectivity index (χ3n) is 1.83. The van der Waals surface area contributed by atoms with E-state index in [0.29, 0.717) is 0 Å². The van der Waals surface area contributed by atoms with E-state index in [0.717, 1.165) is 0 Å². The van der Waals surface area contributed by atoms with Gasteiger partial charge in [-0.1, -0.05) is 0 Å². The molecule has 0 heterocycles. The van der Waals surface area contributed by atoms with Gasteiger partial charge in [-0.2, -0.15) is 0 Å². The summed E-state index contributed by atoms with van der Waals surface area (Å²) in [5.41, 5.74) is 0. The molecule has 0 amide bonds. The number of hydrogen-bond acceptors (Lipinski definition) is 7. The van der Waals surface area contributed by atoms with E-state index in [4.69, 9.17) is 19.3 Å². The minimum Gasteiger partial charge on any atom is -0.395 e. The Morgan fingerprint density at radius 3 is 1.76 bits per heavy atom. The molecule has 0 saturated heterocycles. The summed E-state index contributed by atoms with van der Waals surface area (Å²) in [5, 5.41) is 23.2. The lowest BCUT2D eigenvalue weighted by Crippen LogP contribution is -2.45. The van der Waals surface area contributed by atoms with Gasteiger partial charge in [-0.15, -0.1) is 0 Å². The molecule has 104 valence electrons. The fraction of sp³-hybridized carbons (Fsp3) is 1.00. The smallest absolute Gasteiger partial charge is 0.361 e. The lowest BCUT2D eigenvalue weighted by molar-refractivity contribution is 0.195. The van der Waals surface area contributed by atoms with Crippen molar-refractivity contribution in [1.29, 1.82) is 0 Å². The number of rotatable bonds is 11. The highest BCUT2D eigenvalue weighted by molar-refractivity contribution is 7.54. The zero-order valence-corrected chi connectivity index (χ0v) is 11.3. The second-order valence-electron chi connectivity index (χ2n) is 3.13. The molecular formula is C9H23N2O5P. The summed E-state index contributed by atoms with van der Waals surface area (Å²) in [4.78, 5) is 0. The van der Waals surface area contributed by atoms with Crippen molar-refractivity contribution in [1.82, 2.24) is 10.6 Å². The van der Waals surface area contributed by atoms with Crippen molar-refractivity contribution < 1.29 is 23.8 Å². The summed E-state index contributed by atoms with van der Waals surface area (Å²) in [7, 11) is -3.33. The van der Waals surface area contributed by atoms with Crippen molar-refractivity contribution in [2.45, 2.75) is 19.8 Å². The van der Waals surface area contributed by atoms with E-state index in [1.165, 1.54) is 0 Å². The minimum absolute atomic E-state index is 0.0877. The van der Waals surface area contributed by atoms with Gasteiger partial charge < -0.3 is 19.3 Å². The Labute approximate surface area is 102 Å². The first-order valence-corrected chi connectivity index (χ1v) is 7.33.